The molecule has 1 heterocycles. The number of nitrogens with zero attached hydrogens (tertiary/aromatic N) is 3. The highest BCUT2D eigenvalue weighted by atomic mass is 19.3. The number of benzene rings is 3. The van der Waals surface area contributed by atoms with Gasteiger partial charge < -0.3 is 20.4 Å². The summed E-state index contributed by atoms with van der Waals surface area (Å²) >= 11 is 0. The highest BCUT2D eigenvalue weighted by molar-refractivity contribution is 5.93. The Balaban J connectivity index is 0.00000147. The van der Waals surface area contributed by atoms with Crippen LogP contribution < -0.4 is 5.32 Å². The van der Waals surface area contributed by atoms with E-state index in [9.17, 15) is 18.7 Å². The first-order valence-corrected chi connectivity index (χ1v) is 12.6. The van der Waals surface area contributed by atoms with Crippen molar-refractivity contribution in [2.45, 2.75) is 39.2 Å². The lowest BCUT2D eigenvalue weighted by molar-refractivity contribution is -0.128. The van der Waals surface area contributed by atoms with Gasteiger partial charge in [0.2, 0.25) is 5.91 Å². The summed E-state index contributed by atoms with van der Waals surface area (Å²) in [5.74, 6) is -3.47. The Hall–Kier alpha value is -4.67. The van der Waals surface area contributed by atoms with Crippen molar-refractivity contribution in [2.24, 2.45) is 0 Å². The van der Waals surface area contributed by atoms with Gasteiger partial charge >= 0.3 is 0 Å². The van der Waals surface area contributed by atoms with Gasteiger partial charge in [0.25, 0.3) is 12.4 Å². The first kappa shape index (κ1) is 30.9. The van der Waals surface area contributed by atoms with Gasteiger partial charge in [0, 0.05) is 37.5 Å². The fourth-order valence-corrected chi connectivity index (χ4v) is 4.27. The molecular weight excluding hydrogens is 537 g/mol. The van der Waals surface area contributed by atoms with Crippen LogP contribution in [0.2, 0.25) is 0 Å². The van der Waals surface area contributed by atoms with E-state index < -0.39 is 23.3 Å². The molecular formula is C30H31F3N4O4. The Morgan fingerprint density at radius 2 is 1.73 bits per heavy atom. The number of halogens is 3. The first-order chi connectivity index (χ1) is 19.3. The molecule has 41 heavy (non-hydrogen) atoms. The summed E-state index contributed by atoms with van der Waals surface area (Å²) in [4.78, 5) is 31.0. The van der Waals surface area contributed by atoms with Gasteiger partial charge in [-0.25, -0.2) is 23.1 Å². The molecule has 0 saturated carbocycles. The number of carbonyl (C=O) groups is 2. The summed E-state index contributed by atoms with van der Waals surface area (Å²) in [5.41, 5.74) is 2.14. The van der Waals surface area contributed by atoms with Crippen molar-refractivity contribution < 1.29 is 33.0 Å². The summed E-state index contributed by atoms with van der Waals surface area (Å²) in [6.07, 6.45) is 0.0499. The molecule has 11 heteroatoms. The summed E-state index contributed by atoms with van der Waals surface area (Å²) < 4.78 is 42.8. The lowest BCUT2D eigenvalue weighted by Crippen LogP contribution is -2.23. The second-order valence-electron chi connectivity index (χ2n) is 9.73. The molecule has 1 aromatic heterocycles. The molecule has 3 aromatic carbocycles. The fourth-order valence-electron chi connectivity index (χ4n) is 4.27. The van der Waals surface area contributed by atoms with Crippen LogP contribution in [0.25, 0.3) is 22.0 Å². The van der Waals surface area contributed by atoms with E-state index in [2.05, 4.69) is 15.3 Å². The fraction of sp³-hybridized carbons (Fsp3) is 0.267. The van der Waals surface area contributed by atoms with Crippen molar-refractivity contribution in [1.82, 2.24) is 14.9 Å². The maximum atomic E-state index is 15.0. The van der Waals surface area contributed by atoms with E-state index in [0.717, 1.165) is 17.2 Å². The number of rotatable bonds is 7. The van der Waals surface area contributed by atoms with Crippen molar-refractivity contribution in [3.63, 3.8) is 0 Å². The van der Waals surface area contributed by atoms with E-state index in [1.165, 1.54) is 17.0 Å². The lowest BCUT2D eigenvalue weighted by atomic mass is 9.98. The number of alkyl halides is 2. The molecule has 8 nitrogen and oxygen atoms in total. The van der Waals surface area contributed by atoms with Crippen molar-refractivity contribution in [1.29, 1.82) is 0 Å². The Morgan fingerprint density at radius 3 is 2.37 bits per heavy atom. The average molecular weight is 569 g/mol. The molecule has 4 aromatic rings. The number of amides is 1. The maximum absolute atomic E-state index is 15.0. The van der Waals surface area contributed by atoms with Gasteiger partial charge in [0.05, 0.1) is 23.5 Å². The van der Waals surface area contributed by atoms with Crippen LogP contribution in [0.3, 0.4) is 0 Å². The molecule has 0 aliphatic carbocycles. The highest BCUT2D eigenvalue weighted by Crippen LogP contribution is 2.35. The number of nitrogens with one attached hydrogen (secondary N) is 1. The van der Waals surface area contributed by atoms with Crippen LogP contribution in [0.1, 0.15) is 42.4 Å². The molecule has 0 aliphatic rings. The van der Waals surface area contributed by atoms with Gasteiger partial charge in [-0.3, -0.25) is 9.59 Å². The minimum Gasteiger partial charge on any atom is -0.508 e. The number of hydrogen-bond acceptors (Lipinski definition) is 6. The standard InChI is InChI=1S/C29H29F3N4O2.CH2O2/c1-16(21-7-6-8-23(27(21)30)29(3,31)32)33-28-22-14-19(9-11-24(22)34-17(2)35-28)18-10-12-25(37)20(13-18)15-26(38)36(4)5;2-1-3/h6-14,16,37H,15H2,1-5H3,(H,33,34,35);1H,(H,2,3)/t16-;/m1./s1. The molecule has 0 aliphatic heterocycles. The zero-order valence-electron chi connectivity index (χ0n) is 23.2. The third kappa shape index (κ3) is 7.30. The van der Waals surface area contributed by atoms with Crippen LogP contribution in [0.15, 0.2) is 54.6 Å². The Kier molecular flexibility index (Phi) is 9.54. The number of aryl methyl sites for hydroxylation is 1. The molecule has 3 N–H and O–H groups in total. The van der Waals surface area contributed by atoms with Crippen LogP contribution in [0.4, 0.5) is 19.0 Å². The van der Waals surface area contributed by atoms with Gasteiger partial charge in [-0.15, -0.1) is 0 Å². The number of aromatic nitrogens is 2. The van der Waals surface area contributed by atoms with Crippen LogP contribution in [-0.4, -0.2) is 51.6 Å². The second kappa shape index (κ2) is 12.7. The predicted octanol–water partition coefficient (Wildman–Crippen LogP) is 6.07. The predicted molar refractivity (Wildman–Crippen MR) is 150 cm³/mol. The minimum absolute atomic E-state index is 0.0294. The molecule has 4 rings (SSSR count). The first-order valence-electron chi connectivity index (χ1n) is 12.6. The summed E-state index contributed by atoms with van der Waals surface area (Å²) in [5, 5.41) is 21.0. The monoisotopic (exact) mass is 568 g/mol. The normalized spacial score (nSPS) is 11.8. The van der Waals surface area contributed by atoms with Crippen LogP contribution >= 0.6 is 0 Å². The van der Waals surface area contributed by atoms with Crippen LogP contribution in [-0.2, 0) is 21.9 Å². The number of carbonyl (C=O) groups excluding carboxylic acids is 1. The molecule has 0 spiro atoms. The van der Waals surface area contributed by atoms with E-state index in [-0.39, 0.29) is 30.1 Å². The quantitative estimate of drug-likeness (QED) is 0.232. The summed E-state index contributed by atoms with van der Waals surface area (Å²) in [6, 6.07) is 13.9. The highest BCUT2D eigenvalue weighted by Gasteiger charge is 2.30. The topological polar surface area (TPSA) is 116 Å². The van der Waals surface area contributed by atoms with E-state index in [4.69, 9.17) is 9.90 Å². The summed E-state index contributed by atoms with van der Waals surface area (Å²) in [6.45, 7) is 3.83. The summed E-state index contributed by atoms with van der Waals surface area (Å²) in [7, 11) is 3.31. The number of likely N-dealkylation sites (N-methyl/N-ethyl adjacent to an activating group) is 1. The number of carboxylic acid groups (broad SMARTS) is 1. The SMILES string of the molecule is Cc1nc(N[C@H](C)c2cccc(C(C)(F)F)c2F)c2cc(-c3ccc(O)c(CC(=O)N(C)C)c3)ccc2n1.O=CO. The molecule has 0 radical (unpaired) electrons. The van der Waals surface area contributed by atoms with Gasteiger partial charge in [-0.1, -0.05) is 30.3 Å². The number of hydrogen-bond donors (Lipinski definition) is 3. The zero-order chi connectivity index (χ0) is 30.5. The smallest absolute Gasteiger partial charge is 0.290 e. The van der Waals surface area contributed by atoms with Gasteiger partial charge in [-0.2, -0.15) is 0 Å². The molecule has 0 unspecified atom stereocenters. The number of phenolic OH excluding ortho intramolecular Hbond substituents is 1. The Labute approximate surface area is 235 Å². The van der Waals surface area contributed by atoms with Gasteiger partial charge in [0.15, 0.2) is 0 Å². The van der Waals surface area contributed by atoms with Crippen LogP contribution in [0.5, 0.6) is 5.75 Å². The van der Waals surface area contributed by atoms with E-state index >= 15 is 4.39 Å². The number of anilines is 1. The maximum Gasteiger partial charge on any atom is 0.290 e. The molecule has 216 valence electrons. The molecule has 0 saturated heterocycles. The van der Waals surface area contributed by atoms with Crippen molar-refractivity contribution >= 4 is 29.1 Å². The van der Waals surface area contributed by atoms with E-state index in [0.29, 0.717) is 35.0 Å². The molecule has 1 atom stereocenters. The van der Waals surface area contributed by atoms with Crippen molar-refractivity contribution in [2.75, 3.05) is 19.4 Å². The van der Waals surface area contributed by atoms with Gasteiger partial charge in [-0.05, 0) is 49.2 Å². The number of fused-ring (bicyclic) bond motifs is 1. The number of phenols is 1. The minimum atomic E-state index is -3.31. The van der Waals surface area contributed by atoms with Gasteiger partial charge in [0.1, 0.15) is 23.2 Å². The van der Waals surface area contributed by atoms with E-state index in [1.807, 2.05) is 18.2 Å². The molecule has 0 bridgehead atoms. The average Bonchev–Trinajstić information content (AvgIpc) is 2.89. The third-order valence-corrected chi connectivity index (χ3v) is 6.38. The third-order valence-electron chi connectivity index (χ3n) is 6.38. The van der Waals surface area contributed by atoms with E-state index in [1.54, 1.807) is 46.1 Å². The largest absolute Gasteiger partial charge is 0.508 e. The second-order valence-corrected chi connectivity index (χ2v) is 9.73. The molecule has 1 amide bonds. The van der Waals surface area contributed by atoms with Crippen molar-refractivity contribution in [3.05, 3.63) is 82.9 Å². The Morgan fingerprint density at radius 1 is 1.10 bits per heavy atom. The Bertz CT molecular complexity index is 1570. The number of aromatic hydroxyl groups is 1. The zero-order valence-corrected chi connectivity index (χ0v) is 23.2. The van der Waals surface area contributed by atoms with Crippen LogP contribution in [0, 0.1) is 12.7 Å². The lowest BCUT2D eigenvalue weighted by Gasteiger charge is -2.20. The van der Waals surface area contributed by atoms with Crippen molar-refractivity contribution in [3.8, 4) is 16.9 Å². The molecule has 0 fully saturated rings.